The Bertz CT molecular complexity index is 1150. The zero-order valence-electron chi connectivity index (χ0n) is 20.1. The van der Waals surface area contributed by atoms with Crippen molar-refractivity contribution in [2.24, 2.45) is 0 Å². The van der Waals surface area contributed by atoms with E-state index < -0.39 is 21.1 Å². The van der Waals surface area contributed by atoms with Crippen LogP contribution in [0.3, 0.4) is 0 Å². The molecule has 0 N–H and O–H groups in total. The first-order chi connectivity index (χ1) is 15.6. The zero-order valence-corrected chi connectivity index (χ0v) is 22.6. The first-order valence-electron chi connectivity index (χ1n) is 11.3. The zero-order chi connectivity index (χ0) is 23.9. The number of halogens is 2. The molecular formula is C28H30F2O2Zr. The summed E-state index contributed by atoms with van der Waals surface area (Å²) in [6.45, 7) is 12.8. The van der Waals surface area contributed by atoms with E-state index in [0.29, 0.717) is 11.5 Å². The van der Waals surface area contributed by atoms with Gasteiger partial charge in [0.15, 0.2) is 0 Å². The van der Waals surface area contributed by atoms with E-state index in [2.05, 4.69) is 41.5 Å². The third kappa shape index (κ3) is 4.45. The molecule has 0 saturated heterocycles. The van der Waals surface area contributed by atoms with E-state index in [9.17, 15) is 8.78 Å². The molecule has 0 aromatic heterocycles. The van der Waals surface area contributed by atoms with Crippen LogP contribution in [0.25, 0.3) is 0 Å². The Morgan fingerprint density at radius 2 is 1.00 bits per heavy atom. The number of hydrogen-bond donors (Lipinski definition) is 0. The molecule has 2 nitrogen and oxygen atoms in total. The van der Waals surface area contributed by atoms with Crippen molar-refractivity contribution in [2.45, 2.75) is 54.4 Å². The second kappa shape index (κ2) is 9.18. The first-order valence-corrected chi connectivity index (χ1v) is 15.7. The number of rotatable bonds is 6. The summed E-state index contributed by atoms with van der Waals surface area (Å²) in [5.41, 5.74) is 7.42. The summed E-state index contributed by atoms with van der Waals surface area (Å²) < 4.78 is 44.5. The Labute approximate surface area is 201 Å². The van der Waals surface area contributed by atoms with Gasteiger partial charge >= 0.3 is 202 Å². The molecule has 172 valence electrons. The van der Waals surface area contributed by atoms with Crippen molar-refractivity contribution in [1.82, 2.24) is 0 Å². The van der Waals surface area contributed by atoms with Crippen LogP contribution in [0.15, 0.2) is 88.5 Å². The van der Waals surface area contributed by atoms with Crippen molar-refractivity contribution in [3.8, 4) is 11.5 Å². The summed E-state index contributed by atoms with van der Waals surface area (Å²) in [6, 6.07) is 12.5. The maximum absolute atomic E-state index is 14.2. The standard InChI is InChI=1S/2C8H11.2C6H5FO.Zr/c2*1-6-4-5-7(2)8(6)3;2*7-5-2-1-3-6(8)4-5;/h2*4H2,1-3H3;2*1-4,8H;/q;;;;+2/p-2. The fourth-order valence-corrected chi connectivity index (χ4v) is 15.0. The van der Waals surface area contributed by atoms with Crippen molar-refractivity contribution in [2.75, 3.05) is 0 Å². The van der Waals surface area contributed by atoms with Gasteiger partial charge in [0.05, 0.1) is 0 Å². The molecule has 0 radical (unpaired) electrons. The molecule has 2 aliphatic carbocycles. The molecule has 0 spiro atoms. The van der Waals surface area contributed by atoms with E-state index in [-0.39, 0.29) is 11.6 Å². The summed E-state index contributed by atoms with van der Waals surface area (Å²) in [5, 5.41) is 0. The van der Waals surface area contributed by atoms with Gasteiger partial charge in [0.25, 0.3) is 0 Å². The van der Waals surface area contributed by atoms with Crippen LogP contribution in [0.5, 0.6) is 11.5 Å². The van der Waals surface area contributed by atoms with Crippen LogP contribution in [-0.2, 0) is 21.1 Å². The summed E-state index contributed by atoms with van der Waals surface area (Å²) in [7, 11) is 0. The summed E-state index contributed by atoms with van der Waals surface area (Å²) in [6.07, 6.45) is 1.51. The Kier molecular flexibility index (Phi) is 6.64. The van der Waals surface area contributed by atoms with Crippen LogP contribution >= 0.6 is 0 Å². The fraction of sp³-hybridized carbons (Fsp3) is 0.286. The Hall–Kier alpha value is -2.26. The SMILES string of the molecule is CC1=C(C)C(C)=[C]([Zr]([O]c2cccc(F)c2)([O]c2cccc(F)c2)[C]2=C(C)C(C)=C(C)C2)C1. The summed E-state index contributed by atoms with van der Waals surface area (Å²) in [4.78, 5) is 0. The Morgan fingerprint density at radius 3 is 1.30 bits per heavy atom. The van der Waals surface area contributed by atoms with Crippen molar-refractivity contribution >= 4 is 0 Å². The van der Waals surface area contributed by atoms with Crippen LogP contribution in [0.4, 0.5) is 8.78 Å². The monoisotopic (exact) mass is 526 g/mol. The van der Waals surface area contributed by atoms with Crippen molar-refractivity contribution in [1.29, 1.82) is 0 Å². The molecule has 5 heteroatoms. The molecule has 2 aromatic rings. The molecule has 2 aliphatic rings. The van der Waals surface area contributed by atoms with Gasteiger partial charge in [-0.1, -0.05) is 0 Å². The molecule has 0 heterocycles. The average molecular weight is 528 g/mol. The molecule has 0 saturated carbocycles. The van der Waals surface area contributed by atoms with Crippen LogP contribution in [0.2, 0.25) is 0 Å². The van der Waals surface area contributed by atoms with Gasteiger partial charge in [-0.3, -0.25) is 0 Å². The Morgan fingerprint density at radius 1 is 0.606 bits per heavy atom. The van der Waals surface area contributed by atoms with Gasteiger partial charge in [-0.05, 0) is 0 Å². The minimum absolute atomic E-state index is 0.358. The van der Waals surface area contributed by atoms with E-state index in [1.54, 1.807) is 24.3 Å². The van der Waals surface area contributed by atoms with E-state index >= 15 is 0 Å². The van der Waals surface area contributed by atoms with Gasteiger partial charge in [-0.15, -0.1) is 0 Å². The Balaban J connectivity index is 1.97. The molecule has 2 aromatic carbocycles. The molecule has 0 unspecified atom stereocenters. The van der Waals surface area contributed by atoms with E-state index in [1.165, 1.54) is 64.3 Å². The summed E-state index contributed by atoms with van der Waals surface area (Å²) in [5.74, 6) is 0.187. The minimum atomic E-state index is -4.47. The normalized spacial score (nSPS) is 17.0. The molecule has 0 bridgehead atoms. The van der Waals surface area contributed by atoms with Gasteiger partial charge in [-0.2, -0.15) is 0 Å². The second-order valence-corrected chi connectivity index (χ2v) is 16.1. The number of benzene rings is 2. The van der Waals surface area contributed by atoms with Crippen LogP contribution < -0.4 is 5.63 Å². The third-order valence-corrected chi connectivity index (χ3v) is 16.3. The van der Waals surface area contributed by atoms with Gasteiger partial charge in [-0.25, -0.2) is 0 Å². The molecule has 33 heavy (non-hydrogen) atoms. The molecular weight excluding hydrogens is 498 g/mol. The van der Waals surface area contributed by atoms with E-state index in [4.69, 9.17) is 5.63 Å². The topological polar surface area (TPSA) is 18.5 Å². The molecule has 0 atom stereocenters. The van der Waals surface area contributed by atoms with Crippen LogP contribution in [0, 0.1) is 11.6 Å². The molecule has 0 fully saturated rings. The van der Waals surface area contributed by atoms with Crippen molar-refractivity contribution < 1.29 is 35.6 Å². The van der Waals surface area contributed by atoms with Gasteiger partial charge in [0.1, 0.15) is 0 Å². The fourth-order valence-electron chi connectivity index (χ4n) is 4.72. The summed E-state index contributed by atoms with van der Waals surface area (Å²) >= 11 is -4.47. The van der Waals surface area contributed by atoms with Crippen molar-refractivity contribution in [3.05, 3.63) is 100 Å². The van der Waals surface area contributed by atoms with Gasteiger partial charge in [0, 0.05) is 0 Å². The predicted octanol–water partition coefficient (Wildman–Crippen LogP) is 8.43. The van der Waals surface area contributed by atoms with Gasteiger partial charge in [0.2, 0.25) is 0 Å². The van der Waals surface area contributed by atoms with Gasteiger partial charge < -0.3 is 0 Å². The van der Waals surface area contributed by atoms with E-state index in [0.717, 1.165) is 12.8 Å². The van der Waals surface area contributed by atoms with E-state index in [1.807, 2.05) is 0 Å². The first kappa shape index (κ1) is 23.9. The maximum atomic E-state index is 14.2. The van der Waals surface area contributed by atoms with Crippen LogP contribution in [-0.4, -0.2) is 0 Å². The number of allylic oxidation sites excluding steroid dienone is 8. The third-order valence-electron chi connectivity index (χ3n) is 7.10. The second-order valence-electron chi connectivity index (χ2n) is 9.11. The van der Waals surface area contributed by atoms with Crippen LogP contribution in [0.1, 0.15) is 54.4 Å². The molecule has 4 rings (SSSR count). The predicted molar refractivity (Wildman–Crippen MR) is 125 cm³/mol. The average Bonchev–Trinajstić information content (AvgIpc) is 3.18. The molecule has 0 aliphatic heterocycles. The number of hydrogen-bond acceptors (Lipinski definition) is 2. The molecule has 0 amide bonds. The van der Waals surface area contributed by atoms with Crippen molar-refractivity contribution in [3.63, 3.8) is 0 Å². The quantitative estimate of drug-likeness (QED) is 0.375.